The summed E-state index contributed by atoms with van der Waals surface area (Å²) in [5, 5.41) is 3.18. The second kappa shape index (κ2) is 9.12. The van der Waals surface area contributed by atoms with Gasteiger partial charge >= 0.3 is 0 Å². The molecule has 1 fully saturated rings. The van der Waals surface area contributed by atoms with Gasteiger partial charge in [0.15, 0.2) is 5.82 Å². The van der Waals surface area contributed by atoms with Crippen LogP contribution < -0.4 is 5.32 Å². The molecule has 2 aromatic heterocycles. The fraction of sp³-hybridized carbons (Fsp3) is 0.542. The van der Waals surface area contributed by atoms with Crippen molar-refractivity contribution in [2.45, 2.75) is 65.7 Å². The zero-order valence-electron chi connectivity index (χ0n) is 19.0. The predicted octanol–water partition coefficient (Wildman–Crippen LogP) is 4.47. The summed E-state index contributed by atoms with van der Waals surface area (Å²) in [4.78, 5) is 33.1. The standard InChI is InChI=1S/C24H32N6O/c1-15-5-6-20(11-16(15)2)23(31)30-9-7-19(8-10-30)21-13-25-14-22(28-21)29-24-26-17(3)12-18(4)27-24/h12-14,19-20H,5-11H2,1-4H3,(H,26,27,28,29)/t20-/m1/s1. The van der Waals surface area contributed by atoms with Crippen molar-refractivity contribution in [1.29, 1.82) is 0 Å². The summed E-state index contributed by atoms with van der Waals surface area (Å²) in [5.74, 6) is 2.00. The molecule has 7 nitrogen and oxygen atoms in total. The number of amides is 1. The zero-order chi connectivity index (χ0) is 22.0. The number of hydrogen-bond acceptors (Lipinski definition) is 6. The Morgan fingerprint density at radius 2 is 1.68 bits per heavy atom. The van der Waals surface area contributed by atoms with E-state index in [0.29, 0.717) is 23.6 Å². The van der Waals surface area contributed by atoms with Crippen molar-refractivity contribution in [2.24, 2.45) is 5.92 Å². The molecule has 1 N–H and O–H groups in total. The number of anilines is 2. The molecule has 1 amide bonds. The number of carbonyl (C=O) groups excluding carboxylic acids is 1. The molecule has 1 aliphatic carbocycles. The summed E-state index contributed by atoms with van der Waals surface area (Å²) in [7, 11) is 0. The summed E-state index contributed by atoms with van der Waals surface area (Å²) in [6.45, 7) is 9.84. The van der Waals surface area contributed by atoms with Gasteiger partial charge in [-0.3, -0.25) is 9.78 Å². The Hall–Kier alpha value is -2.83. The van der Waals surface area contributed by atoms with Crippen molar-refractivity contribution in [2.75, 3.05) is 18.4 Å². The number of piperidine rings is 1. The van der Waals surface area contributed by atoms with Crippen LogP contribution in [0, 0.1) is 19.8 Å². The van der Waals surface area contributed by atoms with Gasteiger partial charge in [-0.25, -0.2) is 15.0 Å². The van der Waals surface area contributed by atoms with Crippen LogP contribution in [-0.4, -0.2) is 43.8 Å². The molecule has 1 saturated heterocycles. The van der Waals surface area contributed by atoms with Gasteiger partial charge in [-0.1, -0.05) is 11.1 Å². The molecule has 0 unspecified atom stereocenters. The molecule has 1 aliphatic heterocycles. The van der Waals surface area contributed by atoms with E-state index in [-0.39, 0.29) is 5.92 Å². The number of nitrogens with zero attached hydrogens (tertiary/aromatic N) is 5. The number of aryl methyl sites for hydroxylation is 2. The number of likely N-dealkylation sites (tertiary alicyclic amines) is 1. The van der Waals surface area contributed by atoms with Gasteiger partial charge in [-0.15, -0.1) is 0 Å². The lowest BCUT2D eigenvalue weighted by molar-refractivity contribution is -0.137. The topological polar surface area (TPSA) is 83.9 Å². The molecule has 1 atom stereocenters. The van der Waals surface area contributed by atoms with Gasteiger partial charge < -0.3 is 10.2 Å². The fourth-order valence-corrected chi connectivity index (χ4v) is 4.65. The van der Waals surface area contributed by atoms with E-state index in [4.69, 9.17) is 4.98 Å². The van der Waals surface area contributed by atoms with E-state index < -0.39 is 0 Å². The lowest BCUT2D eigenvalue weighted by atomic mass is 9.83. The average Bonchev–Trinajstić information content (AvgIpc) is 2.75. The molecule has 4 rings (SSSR count). The van der Waals surface area contributed by atoms with Crippen LogP contribution in [0.4, 0.5) is 11.8 Å². The van der Waals surface area contributed by atoms with Crippen molar-refractivity contribution >= 4 is 17.7 Å². The molecule has 3 heterocycles. The number of carbonyl (C=O) groups is 1. The first-order valence-electron chi connectivity index (χ1n) is 11.2. The van der Waals surface area contributed by atoms with Crippen molar-refractivity contribution in [3.05, 3.63) is 46.7 Å². The number of nitrogens with one attached hydrogen (secondary N) is 1. The number of allylic oxidation sites excluding steroid dienone is 2. The van der Waals surface area contributed by atoms with Crippen LogP contribution in [-0.2, 0) is 4.79 Å². The minimum Gasteiger partial charge on any atom is -0.342 e. The van der Waals surface area contributed by atoms with Gasteiger partial charge in [0, 0.05) is 42.5 Å². The molecule has 0 aromatic carbocycles. The third-order valence-corrected chi connectivity index (χ3v) is 6.60. The molecule has 7 heteroatoms. The maximum absolute atomic E-state index is 13.0. The van der Waals surface area contributed by atoms with Crippen LogP contribution in [0.5, 0.6) is 0 Å². The molecule has 0 bridgehead atoms. The maximum atomic E-state index is 13.0. The molecule has 0 spiro atoms. The number of rotatable bonds is 4. The quantitative estimate of drug-likeness (QED) is 0.735. The monoisotopic (exact) mass is 420 g/mol. The van der Waals surface area contributed by atoms with E-state index in [1.165, 1.54) is 11.1 Å². The Kier molecular flexibility index (Phi) is 6.30. The summed E-state index contributed by atoms with van der Waals surface area (Å²) in [6, 6.07) is 1.94. The number of hydrogen-bond donors (Lipinski definition) is 1. The zero-order valence-corrected chi connectivity index (χ0v) is 19.0. The summed E-state index contributed by atoms with van der Waals surface area (Å²) >= 11 is 0. The highest BCUT2D eigenvalue weighted by Crippen LogP contribution is 2.33. The van der Waals surface area contributed by atoms with E-state index in [1.54, 1.807) is 6.20 Å². The Morgan fingerprint density at radius 1 is 0.968 bits per heavy atom. The van der Waals surface area contributed by atoms with Crippen molar-refractivity contribution < 1.29 is 4.79 Å². The van der Waals surface area contributed by atoms with Crippen molar-refractivity contribution in [1.82, 2.24) is 24.8 Å². The highest BCUT2D eigenvalue weighted by atomic mass is 16.2. The molecule has 2 aromatic rings. The molecular weight excluding hydrogens is 388 g/mol. The largest absolute Gasteiger partial charge is 0.342 e. The Balaban J connectivity index is 1.37. The third-order valence-electron chi connectivity index (χ3n) is 6.60. The first-order chi connectivity index (χ1) is 14.9. The minimum atomic E-state index is 0.158. The van der Waals surface area contributed by atoms with Gasteiger partial charge in [0.1, 0.15) is 0 Å². The average molecular weight is 421 g/mol. The predicted molar refractivity (Wildman–Crippen MR) is 121 cm³/mol. The minimum absolute atomic E-state index is 0.158. The maximum Gasteiger partial charge on any atom is 0.228 e. The van der Waals surface area contributed by atoms with Gasteiger partial charge in [0.2, 0.25) is 11.9 Å². The van der Waals surface area contributed by atoms with Crippen LogP contribution in [0.3, 0.4) is 0 Å². The second-order valence-electron chi connectivity index (χ2n) is 9.03. The van der Waals surface area contributed by atoms with E-state index in [2.05, 4.69) is 39.0 Å². The van der Waals surface area contributed by atoms with Gasteiger partial charge in [0.05, 0.1) is 11.9 Å². The molecule has 2 aliphatic rings. The van der Waals surface area contributed by atoms with Crippen molar-refractivity contribution in [3.63, 3.8) is 0 Å². The summed E-state index contributed by atoms with van der Waals surface area (Å²) in [6.07, 6.45) is 8.34. The smallest absolute Gasteiger partial charge is 0.228 e. The highest BCUT2D eigenvalue weighted by Gasteiger charge is 2.31. The lowest BCUT2D eigenvalue weighted by Crippen LogP contribution is -2.42. The van der Waals surface area contributed by atoms with Crippen LogP contribution in [0.1, 0.15) is 69.0 Å². The molecule has 31 heavy (non-hydrogen) atoms. The lowest BCUT2D eigenvalue weighted by Gasteiger charge is -2.35. The Bertz CT molecular complexity index is 973. The van der Waals surface area contributed by atoms with E-state index in [9.17, 15) is 4.79 Å². The molecule has 0 radical (unpaired) electrons. The van der Waals surface area contributed by atoms with Crippen LogP contribution >= 0.6 is 0 Å². The Labute approximate surface area is 184 Å². The normalized spacial score (nSPS) is 20.1. The van der Waals surface area contributed by atoms with Gasteiger partial charge in [0.25, 0.3) is 0 Å². The van der Waals surface area contributed by atoms with Crippen LogP contribution in [0.15, 0.2) is 29.6 Å². The first kappa shape index (κ1) is 21.4. The van der Waals surface area contributed by atoms with E-state index >= 15 is 0 Å². The molecule has 0 saturated carbocycles. The second-order valence-corrected chi connectivity index (χ2v) is 9.03. The van der Waals surface area contributed by atoms with Crippen LogP contribution in [0.2, 0.25) is 0 Å². The highest BCUT2D eigenvalue weighted by molar-refractivity contribution is 5.79. The fourth-order valence-electron chi connectivity index (χ4n) is 4.65. The van der Waals surface area contributed by atoms with Gasteiger partial charge in [-0.2, -0.15) is 0 Å². The van der Waals surface area contributed by atoms with Gasteiger partial charge in [-0.05, 0) is 65.9 Å². The summed E-state index contributed by atoms with van der Waals surface area (Å²) < 4.78 is 0. The molecular formula is C24H32N6O. The summed E-state index contributed by atoms with van der Waals surface area (Å²) in [5.41, 5.74) is 5.64. The van der Waals surface area contributed by atoms with E-state index in [0.717, 1.165) is 62.3 Å². The Morgan fingerprint density at radius 3 is 2.35 bits per heavy atom. The van der Waals surface area contributed by atoms with Crippen LogP contribution in [0.25, 0.3) is 0 Å². The third kappa shape index (κ3) is 5.09. The first-order valence-corrected chi connectivity index (χ1v) is 11.2. The van der Waals surface area contributed by atoms with E-state index in [1.807, 2.05) is 26.1 Å². The SMILES string of the molecule is CC1=C(C)C[C@H](C(=O)N2CCC(c3cncc(Nc4nc(C)cc(C)n4)n3)CC2)CC1. The number of aromatic nitrogens is 4. The van der Waals surface area contributed by atoms with Crippen molar-refractivity contribution in [3.8, 4) is 0 Å². The molecule has 164 valence electrons.